The molecule has 1 heterocycles. The number of ether oxygens (including phenoxy) is 1. The van der Waals surface area contributed by atoms with Crippen LogP contribution in [0.5, 0.6) is 0 Å². The van der Waals surface area contributed by atoms with Gasteiger partial charge in [-0.05, 0) is 15.9 Å². The number of thioether (sulfide) groups is 1. The molecule has 1 unspecified atom stereocenters. The number of methoxy groups -OCH3 is 1. The Bertz CT molecular complexity index is 316. The summed E-state index contributed by atoms with van der Waals surface area (Å²) in [5.41, 5.74) is 0. The van der Waals surface area contributed by atoms with Crippen LogP contribution in [0, 0.1) is 5.92 Å². The highest BCUT2D eigenvalue weighted by molar-refractivity contribution is 9.10. The van der Waals surface area contributed by atoms with Crippen molar-refractivity contribution in [1.82, 2.24) is 4.98 Å². The van der Waals surface area contributed by atoms with E-state index in [2.05, 4.69) is 25.7 Å². The summed E-state index contributed by atoms with van der Waals surface area (Å²) in [6, 6.07) is 0. The first-order valence-electron chi connectivity index (χ1n) is 3.95. The SMILES string of the molecule is COC(=O)C(C)CSc1nc(Br)cs1. The number of halogens is 1. The van der Waals surface area contributed by atoms with Crippen molar-refractivity contribution in [1.29, 1.82) is 0 Å². The third kappa shape index (κ3) is 3.59. The smallest absolute Gasteiger partial charge is 0.309 e. The summed E-state index contributed by atoms with van der Waals surface area (Å²) < 4.78 is 6.44. The minimum Gasteiger partial charge on any atom is -0.469 e. The zero-order chi connectivity index (χ0) is 10.6. The van der Waals surface area contributed by atoms with Gasteiger partial charge in [-0.15, -0.1) is 11.3 Å². The zero-order valence-electron chi connectivity index (χ0n) is 7.82. The van der Waals surface area contributed by atoms with Gasteiger partial charge < -0.3 is 4.74 Å². The lowest BCUT2D eigenvalue weighted by Gasteiger charge is -2.06. The van der Waals surface area contributed by atoms with Gasteiger partial charge in [0.25, 0.3) is 0 Å². The number of carbonyl (C=O) groups is 1. The summed E-state index contributed by atoms with van der Waals surface area (Å²) >= 11 is 6.41. The van der Waals surface area contributed by atoms with Crippen molar-refractivity contribution in [2.45, 2.75) is 11.3 Å². The Morgan fingerprint density at radius 3 is 3.07 bits per heavy atom. The molecule has 1 atom stereocenters. The van der Waals surface area contributed by atoms with Crippen molar-refractivity contribution in [2.75, 3.05) is 12.9 Å². The molecule has 0 aliphatic carbocycles. The number of nitrogens with zero attached hydrogens (tertiary/aromatic N) is 1. The van der Waals surface area contributed by atoms with Crippen LogP contribution in [0.2, 0.25) is 0 Å². The maximum absolute atomic E-state index is 11.1. The van der Waals surface area contributed by atoms with Crippen LogP contribution in [0.4, 0.5) is 0 Å². The Kier molecular flexibility index (Phi) is 4.91. The number of carbonyl (C=O) groups excluding carboxylic acids is 1. The number of hydrogen-bond donors (Lipinski definition) is 0. The average Bonchev–Trinajstić information content (AvgIpc) is 2.59. The van der Waals surface area contributed by atoms with E-state index in [0.717, 1.165) is 8.94 Å². The van der Waals surface area contributed by atoms with Gasteiger partial charge in [0.1, 0.15) is 4.60 Å². The van der Waals surface area contributed by atoms with Gasteiger partial charge in [0, 0.05) is 11.1 Å². The molecule has 0 aliphatic rings. The quantitative estimate of drug-likeness (QED) is 0.632. The van der Waals surface area contributed by atoms with Crippen LogP contribution in [-0.2, 0) is 9.53 Å². The van der Waals surface area contributed by atoms with E-state index in [1.807, 2.05) is 12.3 Å². The Balaban J connectivity index is 2.37. The molecule has 0 saturated heterocycles. The predicted molar refractivity (Wildman–Crippen MR) is 61.7 cm³/mol. The van der Waals surface area contributed by atoms with Crippen LogP contribution in [0.1, 0.15) is 6.92 Å². The average molecular weight is 296 g/mol. The summed E-state index contributed by atoms with van der Waals surface area (Å²) in [5, 5.41) is 1.92. The molecule has 0 amide bonds. The molecular weight excluding hydrogens is 286 g/mol. The molecule has 78 valence electrons. The van der Waals surface area contributed by atoms with E-state index < -0.39 is 0 Å². The highest BCUT2D eigenvalue weighted by Gasteiger charge is 2.14. The lowest BCUT2D eigenvalue weighted by molar-refractivity contribution is -0.143. The summed E-state index contributed by atoms with van der Waals surface area (Å²) in [7, 11) is 1.41. The molecule has 1 rings (SSSR count). The molecule has 1 aromatic rings. The molecule has 0 aromatic carbocycles. The third-order valence-corrected chi connectivity index (χ3v) is 4.51. The Morgan fingerprint density at radius 1 is 1.86 bits per heavy atom. The highest BCUT2D eigenvalue weighted by Crippen LogP contribution is 2.26. The molecule has 0 bridgehead atoms. The van der Waals surface area contributed by atoms with Gasteiger partial charge in [0.05, 0.1) is 13.0 Å². The van der Waals surface area contributed by atoms with Crippen molar-refractivity contribution in [3.63, 3.8) is 0 Å². The number of rotatable bonds is 4. The molecule has 0 fully saturated rings. The van der Waals surface area contributed by atoms with Gasteiger partial charge in [-0.1, -0.05) is 18.7 Å². The second kappa shape index (κ2) is 5.72. The third-order valence-electron chi connectivity index (χ3n) is 1.52. The Labute approximate surface area is 99.4 Å². The minimum atomic E-state index is -0.173. The topological polar surface area (TPSA) is 39.2 Å². The molecule has 0 aliphatic heterocycles. The Hall–Kier alpha value is -0.0700. The van der Waals surface area contributed by atoms with Crippen molar-refractivity contribution < 1.29 is 9.53 Å². The van der Waals surface area contributed by atoms with E-state index in [1.165, 1.54) is 7.11 Å². The molecule has 1 aromatic heterocycles. The fourth-order valence-corrected chi connectivity index (χ4v) is 3.18. The summed E-state index contributed by atoms with van der Waals surface area (Å²) in [6.45, 7) is 1.85. The van der Waals surface area contributed by atoms with Crippen molar-refractivity contribution in [3.8, 4) is 0 Å². The van der Waals surface area contributed by atoms with Gasteiger partial charge in [-0.2, -0.15) is 0 Å². The molecular formula is C8H10BrNO2S2. The van der Waals surface area contributed by atoms with E-state index in [0.29, 0.717) is 5.75 Å². The maximum atomic E-state index is 11.1. The van der Waals surface area contributed by atoms with Crippen LogP contribution in [0.3, 0.4) is 0 Å². The van der Waals surface area contributed by atoms with E-state index in [1.54, 1.807) is 23.1 Å². The van der Waals surface area contributed by atoms with E-state index in [4.69, 9.17) is 0 Å². The summed E-state index contributed by atoms with van der Waals surface area (Å²) in [5.74, 6) is 0.438. The van der Waals surface area contributed by atoms with E-state index in [-0.39, 0.29) is 11.9 Å². The molecule has 0 spiro atoms. The first-order chi connectivity index (χ1) is 6.63. The van der Waals surface area contributed by atoms with E-state index in [9.17, 15) is 4.79 Å². The minimum absolute atomic E-state index is 0.0901. The number of aromatic nitrogens is 1. The van der Waals surface area contributed by atoms with Crippen molar-refractivity contribution in [3.05, 3.63) is 9.98 Å². The van der Waals surface area contributed by atoms with Gasteiger partial charge in [0.2, 0.25) is 0 Å². The zero-order valence-corrected chi connectivity index (χ0v) is 11.0. The first kappa shape index (κ1) is 12.0. The normalized spacial score (nSPS) is 12.5. The lowest BCUT2D eigenvalue weighted by atomic mass is 10.2. The molecule has 0 N–H and O–H groups in total. The summed E-state index contributed by atoms with van der Waals surface area (Å²) in [6.07, 6.45) is 0. The van der Waals surface area contributed by atoms with Crippen molar-refractivity contribution >= 4 is 45.0 Å². The molecule has 14 heavy (non-hydrogen) atoms. The summed E-state index contributed by atoms with van der Waals surface area (Å²) in [4.78, 5) is 15.3. The van der Waals surface area contributed by atoms with Crippen LogP contribution in [0.15, 0.2) is 14.3 Å². The van der Waals surface area contributed by atoms with Crippen LogP contribution < -0.4 is 0 Å². The molecule has 0 radical (unpaired) electrons. The van der Waals surface area contributed by atoms with Gasteiger partial charge in [0.15, 0.2) is 4.34 Å². The fraction of sp³-hybridized carbons (Fsp3) is 0.500. The van der Waals surface area contributed by atoms with Crippen molar-refractivity contribution in [2.24, 2.45) is 5.92 Å². The number of thiazole rings is 1. The maximum Gasteiger partial charge on any atom is 0.309 e. The predicted octanol–water partition coefficient (Wildman–Crippen LogP) is 2.81. The second-order valence-electron chi connectivity index (χ2n) is 2.67. The lowest BCUT2D eigenvalue weighted by Crippen LogP contribution is -2.14. The van der Waals surface area contributed by atoms with Gasteiger partial charge in [-0.3, -0.25) is 4.79 Å². The monoisotopic (exact) mass is 295 g/mol. The van der Waals surface area contributed by atoms with Gasteiger partial charge in [-0.25, -0.2) is 4.98 Å². The van der Waals surface area contributed by atoms with Crippen LogP contribution >= 0.6 is 39.0 Å². The van der Waals surface area contributed by atoms with E-state index >= 15 is 0 Å². The largest absolute Gasteiger partial charge is 0.469 e. The standard InChI is InChI=1S/C8H10BrNO2S2/c1-5(7(11)12-2)3-13-8-10-6(9)4-14-8/h4-5H,3H2,1-2H3. The molecule has 6 heteroatoms. The van der Waals surface area contributed by atoms with Crippen LogP contribution in [-0.4, -0.2) is 23.8 Å². The first-order valence-corrected chi connectivity index (χ1v) is 6.61. The molecule has 0 saturated carbocycles. The Morgan fingerprint density at radius 2 is 2.57 bits per heavy atom. The highest BCUT2D eigenvalue weighted by atomic mass is 79.9. The molecule has 3 nitrogen and oxygen atoms in total. The number of esters is 1. The van der Waals surface area contributed by atoms with Crippen LogP contribution in [0.25, 0.3) is 0 Å². The number of hydrogen-bond acceptors (Lipinski definition) is 5. The second-order valence-corrected chi connectivity index (χ2v) is 5.61. The fourth-order valence-electron chi connectivity index (χ4n) is 0.771. The van der Waals surface area contributed by atoms with Gasteiger partial charge >= 0.3 is 5.97 Å².